The van der Waals surface area contributed by atoms with Gasteiger partial charge in [0.1, 0.15) is 16.5 Å². The Kier molecular flexibility index (Phi) is 6.23. The molecule has 0 aliphatic heterocycles. The van der Waals surface area contributed by atoms with Gasteiger partial charge in [-0.15, -0.1) is 0 Å². The molecule has 0 unspecified atom stereocenters. The average Bonchev–Trinajstić information content (AvgIpc) is 3.42. The number of rotatable bonds is 8. The van der Waals surface area contributed by atoms with Crippen LogP contribution in [0.2, 0.25) is 0 Å². The molecule has 30 heavy (non-hydrogen) atoms. The molecule has 1 aliphatic rings. The number of benzene rings is 1. The number of furan rings is 1. The van der Waals surface area contributed by atoms with Crippen LogP contribution in [0.1, 0.15) is 30.4 Å². The van der Waals surface area contributed by atoms with E-state index in [1.165, 1.54) is 11.8 Å². The van der Waals surface area contributed by atoms with E-state index in [2.05, 4.69) is 10.3 Å². The van der Waals surface area contributed by atoms with E-state index in [1.54, 1.807) is 29.0 Å². The Morgan fingerprint density at radius 2 is 2.10 bits per heavy atom. The van der Waals surface area contributed by atoms with Crippen molar-refractivity contribution in [2.75, 3.05) is 17.7 Å². The zero-order valence-electron chi connectivity index (χ0n) is 16.7. The molecule has 8 heteroatoms. The fraction of sp³-hybridized carbons (Fsp3) is 0.318. The second-order valence-electron chi connectivity index (χ2n) is 6.94. The van der Waals surface area contributed by atoms with Gasteiger partial charge < -0.3 is 14.5 Å². The van der Waals surface area contributed by atoms with Crippen LogP contribution in [0, 0.1) is 0 Å². The van der Waals surface area contributed by atoms with Gasteiger partial charge in [0, 0.05) is 16.9 Å². The third-order valence-electron chi connectivity index (χ3n) is 4.88. The molecule has 0 atom stereocenters. The number of hydrogen-bond donors (Lipinski definition) is 1. The van der Waals surface area contributed by atoms with E-state index in [-0.39, 0.29) is 17.3 Å². The maximum atomic E-state index is 12.6. The van der Waals surface area contributed by atoms with E-state index < -0.39 is 0 Å². The number of hydrogen-bond acceptors (Lipinski definition) is 6. The third-order valence-corrected chi connectivity index (χ3v) is 5.90. The van der Waals surface area contributed by atoms with Gasteiger partial charge in [0.15, 0.2) is 0 Å². The van der Waals surface area contributed by atoms with Crippen molar-refractivity contribution in [3.63, 3.8) is 0 Å². The van der Waals surface area contributed by atoms with Gasteiger partial charge in [-0.1, -0.05) is 11.8 Å². The number of fused-ring (bicyclic) bond motifs is 1. The van der Waals surface area contributed by atoms with Crippen molar-refractivity contribution < 1.29 is 13.9 Å². The van der Waals surface area contributed by atoms with Crippen LogP contribution in [0.25, 0.3) is 0 Å². The van der Waals surface area contributed by atoms with E-state index in [4.69, 9.17) is 9.15 Å². The van der Waals surface area contributed by atoms with Crippen LogP contribution in [0.4, 0.5) is 5.69 Å². The number of carbonyl (C=O) groups is 1. The summed E-state index contributed by atoms with van der Waals surface area (Å²) in [4.78, 5) is 29.3. The zero-order valence-corrected chi connectivity index (χ0v) is 17.5. The summed E-state index contributed by atoms with van der Waals surface area (Å²) in [5.41, 5.74) is 2.47. The van der Waals surface area contributed by atoms with E-state index in [0.29, 0.717) is 23.9 Å². The topological polar surface area (TPSA) is 86.4 Å². The summed E-state index contributed by atoms with van der Waals surface area (Å²) < 4.78 is 12.5. The molecule has 156 valence electrons. The summed E-state index contributed by atoms with van der Waals surface area (Å²) in [7, 11) is 0. The van der Waals surface area contributed by atoms with Crippen LogP contribution in [0.15, 0.2) is 56.9 Å². The van der Waals surface area contributed by atoms with Crippen molar-refractivity contribution in [3.8, 4) is 5.75 Å². The zero-order chi connectivity index (χ0) is 20.9. The Labute approximate surface area is 178 Å². The lowest BCUT2D eigenvalue weighted by atomic mass is 10.2. The highest BCUT2D eigenvalue weighted by Crippen LogP contribution is 2.29. The van der Waals surface area contributed by atoms with Crippen molar-refractivity contribution in [2.24, 2.45) is 0 Å². The SMILES string of the molecule is CCOc1ccc(NC(=O)CSc2nc(=O)n(Cc3ccco3)c3c2CCC3)cc1. The minimum Gasteiger partial charge on any atom is -0.494 e. The molecule has 0 saturated heterocycles. The molecule has 4 rings (SSSR count). The highest BCUT2D eigenvalue weighted by atomic mass is 32.2. The molecule has 2 aromatic heterocycles. The molecular weight excluding hydrogens is 402 g/mol. The molecule has 1 N–H and O–H groups in total. The standard InChI is InChI=1S/C22H23N3O4S/c1-2-28-16-10-8-15(9-11-16)23-20(26)14-30-21-18-6-3-7-19(18)25(22(27)24-21)13-17-5-4-12-29-17/h4-5,8-12H,2-3,6-7,13-14H2,1H3,(H,23,26). The summed E-state index contributed by atoms with van der Waals surface area (Å²) in [6.07, 6.45) is 4.27. The van der Waals surface area contributed by atoms with Gasteiger partial charge in [-0.2, -0.15) is 4.98 Å². The smallest absolute Gasteiger partial charge is 0.349 e. The number of ether oxygens (including phenoxy) is 1. The van der Waals surface area contributed by atoms with E-state index >= 15 is 0 Å². The predicted molar refractivity (Wildman–Crippen MR) is 115 cm³/mol. The first-order valence-corrected chi connectivity index (χ1v) is 10.9. The summed E-state index contributed by atoms with van der Waals surface area (Å²) in [6, 6.07) is 10.9. The molecule has 2 heterocycles. The number of aromatic nitrogens is 2. The first-order chi connectivity index (χ1) is 14.6. The van der Waals surface area contributed by atoms with E-state index in [1.807, 2.05) is 25.1 Å². The maximum Gasteiger partial charge on any atom is 0.349 e. The van der Waals surface area contributed by atoms with E-state index in [0.717, 1.165) is 42.0 Å². The van der Waals surface area contributed by atoms with Gasteiger partial charge in [-0.25, -0.2) is 4.79 Å². The number of nitrogens with one attached hydrogen (secondary N) is 1. The summed E-state index contributed by atoms with van der Waals surface area (Å²) >= 11 is 1.31. The van der Waals surface area contributed by atoms with Crippen LogP contribution in [0.3, 0.4) is 0 Å². The van der Waals surface area contributed by atoms with Crippen LogP contribution in [-0.2, 0) is 24.2 Å². The Morgan fingerprint density at radius 3 is 2.83 bits per heavy atom. The van der Waals surface area contributed by atoms with Crippen molar-refractivity contribution in [1.29, 1.82) is 0 Å². The fourth-order valence-corrected chi connectivity index (χ4v) is 4.44. The Hall–Kier alpha value is -3.00. The molecule has 1 aromatic carbocycles. The number of amides is 1. The minimum atomic E-state index is -0.304. The molecule has 3 aromatic rings. The highest BCUT2D eigenvalue weighted by molar-refractivity contribution is 8.00. The highest BCUT2D eigenvalue weighted by Gasteiger charge is 2.23. The lowest BCUT2D eigenvalue weighted by molar-refractivity contribution is -0.113. The third kappa shape index (κ3) is 4.59. The second kappa shape index (κ2) is 9.21. The molecule has 7 nitrogen and oxygen atoms in total. The van der Waals surface area contributed by atoms with Gasteiger partial charge in [-0.05, 0) is 62.6 Å². The lowest BCUT2D eigenvalue weighted by Crippen LogP contribution is -2.28. The Morgan fingerprint density at radius 1 is 1.27 bits per heavy atom. The van der Waals surface area contributed by atoms with Crippen LogP contribution < -0.4 is 15.7 Å². The number of nitrogens with zero attached hydrogens (tertiary/aromatic N) is 2. The predicted octanol–water partition coefficient (Wildman–Crippen LogP) is 3.50. The molecule has 0 radical (unpaired) electrons. The van der Waals surface area contributed by atoms with Gasteiger partial charge in [-0.3, -0.25) is 9.36 Å². The van der Waals surface area contributed by atoms with Gasteiger partial charge >= 0.3 is 5.69 Å². The maximum absolute atomic E-state index is 12.6. The Bertz CT molecular complexity index is 1080. The molecular formula is C22H23N3O4S. The first-order valence-electron chi connectivity index (χ1n) is 9.94. The quantitative estimate of drug-likeness (QED) is 0.439. The molecule has 0 bridgehead atoms. The molecule has 1 aliphatic carbocycles. The fourth-order valence-electron chi connectivity index (χ4n) is 3.56. The number of anilines is 1. The number of thioether (sulfide) groups is 1. The number of carbonyl (C=O) groups excluding carboxylic acids is 1. The van der Waals surface area contributed by atoms with Gasteiger partial charge in [0.05, 0.1) is 25.2 Å². The summed E-state index contributed by atoms with van der Waals surface area (Å²) in [5, 5.41) is 3.52. The van der Waals surface area contributed by atoms with Crippen LogP contribution >= 0.6 is 11.8 Å². The van der Waals surface area contributed by atoms with Gasteiger partial charge in [0.25, 0.3) is 0 Å². The van der Waals surface area contributed by atoms with Crippen LogP contribution in [0.5, 0.6) is 5.75 Å². The largest absolute Gasteiger partial charge is 0.494 e. The average molecular weight is 426 g/mol. The van der Waals surface area contributed by atoms with Crippen molar-refractivity contribution >= 4 is 23.4 Å². The minimum absolute atomic E-state index is 0.141. The first kappa shape index (κ1) is 20.3. The summed E-state index contributed by atoms with van der Waals surface area (Å²) in [5.74, 6) is 1.54. The van der Waals surface area contributed by atoms with Crippen molar-refractivity contribution in [2.45, 2.75) is 37.8 Å². The van der Waals surface area contributed by atoms with Gasteiger partial charge in [0.2, 0.25) is 5.91 Å². The molecule has 0 fully saturated rings. The van der Waals surface area contributed by atoms with E-state index in [9.17, 15) is 9.59 Å². The summed E-state index contributed by atoms with van der Waals surface area (Å²) in [6.45, 7) is 2.90. The molecule has 0 spiro atoms. The second-order valence-corrected chi connectivity index (χ2v) is 7.90. The monoisotopic (exact) mass is 425 g/mol. The van der Waals surface area contributed by atoms with Crippen molar-refractivity contribution in [1.82, 2.24) is 9.55 Å². The van der Waals surface area contributed by atoms with Crippen molar-refractivity contribution in [3.05, 3.63) is 70.2 Å². The lowest BCUT2D eigenvalue weighted by Gasteiger charge is -2.13. The molecule has 0 saturated carbocycles. The molecule has 1 amide bonds. The normalized spacial score (nSPS) is 12.6. The Balaban J connectivity index is 1.43. The van der Waals surface area contributed by atoms with Crippen LogP contribution in [-0.4, -0.2) is 27.8 Å².